The van der Waals surface area contributed by atoms with Crippen molar-refractivity contribution in [3.8, 4) is 0 Å². The minimum atomic E-state index is 0.869. The fraction of sp³-hybridized carbons (Fsp3) is 0.357. The molecule has 0 saturated heterocycles. The Labute approximate surface area is 101 Å². The van der Waals surface area contributed by atoms with E-state index in [9.17, 15) is 0 Å². The molecule has 2 heteroatoms. The molecule has 0 N–H and O–H groups in total. The zero-order valence-electron chi connectivity index (χ0n) is 10.2. The van der Waals surface area contributed by atoms with Crippen LogP contribution in [0.4, 0.5) is 0 Å². The summed E-state index contributed by atoms with van der Waals surface area (Å²) in [5.74, 6) is 0. The van der Waals surface area contributed by atoms with Crippen molar-refractivity contribution in [2.75, 3.05) is 0 Å². The molecule has 0 fully saturated rings. The summed E-state index contributed by atoms with van der Waals surface area (Å²) < 4.78 is 0. The maximum atomic E-state index is 6.43. The van der Waals surface area contributed by atoms with Crippen LogP contribution in [0, 0.1) is 20.8 Å². The Hall–Kier alpha value is -1.08. The van der Waals surface area contributed by atoms with Crippen LogP contribution in [0.25, 0.3) is 10.9 Å². The lowest BCUT2D eigenvalue weighted by Crippen LogP contribution is -1.97. The minimum absolute atomic E-state index is 0.869. The third-order valence-corrected chi connectivity index (χ3v) is 3.70. The first-order valence-electron chi connectivity index (χ1n) is 5.61. The SMILES string of the molecule is CCc1c(C)nc2c(C)c(C)ccc2c1Cl. The van der Waals surface area contributed by atoms with Gasteiger partial charge in [-0.1, -0.05) is 30.7 Å². The molecule has 16 heavy (non-hydrogen) atoms. The van der Waals surface area contributed by atoms with Gasteiger partial charge in [-0.2, -0.15) is 0 Å². The number of benzene rings is 1. The number of aromatic nitrogens is 1. The molecule has 0 bridgehead atoms. The van der Waals surface area contributed by atoms with Crippen molar-refractivity contribution >= 4 is 22.5 Å². The highest BCUT2D eigenvalue weighted by Gasteiger charge is 2.11. The zero-order valence-corrected chi connectivity index (χ0v) is 10.9. The Balaban J connectivity index is 2.92. The van der Waals surface area contributed by atoms with Crippen molar-refractivity contribution < 1.29 is 0 Å². The van der Waals surface area contributed by atoms with Gasteiger partial charge in [-0.25, -0.2) is 0 Å². The van der Waals surface area contributed by atoms with Gasteiger partial charge in [0.25, 0.3) is 0 Å². The molecule has 1 nitrogen and oxygen atoms in total. The Bertz CT molecular complexity index is 558. The van der Waals surface area contributed by atoms with Crippen LogP contribution in [0.1, 0.15) is 29.3 Å². The van der Waals surface area contributed by atoms with Crippen LogP contribution in [0.2, 0.25) is 5.02 Å². The van der Waals surface area contributed by atoms with Crippen LogP contribution in [0.3, 0.4) is 0 Å². The number of aryl methyl sites for hydroxylation is 3. The Morgan fingerprint density at radius 3 is 2.50 bits per heavy atom. The molecule has 1 aromatic heterocycles. The first-order valence-corrected chi connectivity index (χ1v) is 5.99. The zero-order chi connectivity index (χ0) is 11.9. The van der Waals surface area contributed by atoms with Crippen LogP contribution in [-0.2, 0) is 6.42 Å². The highest BCUT2D eigenvalue weighted by molar-refractivity contribution is 6.36. The van der Waals surface area contributed by atoms with E-state index >= 15 is 0 Å². The summed E-state index contributed by atoms with van der Waals surface area (Å²) in [5.41, 5.74) is 5.75. The number of halogens is 1. The van der Waals surface area contributed by atoms with Crippen molar-refractivity contribution in [2.45, 2.75) is 34.1 Å². The fourth-order valence-corrected chi connectivity index (χ4v) is 2.51. The van der Waals surface area contributed by atoms with E-state index in [2.05, 4.69) is 37.9 Å². The van der Waals surface area contributed by atoms with Crippen molar-refractivity contribution in [2.24, 2.45) is 0 Å². The second-order valence-corrected chi connectivity index (χ2v) is 4.62. The summed E-state index contributed by atoms with van der Waals surface area (Å²) in [4.78, 5) is 4.68. The molecule has 0 aliphatic rings. The predicted molar refractivity (Wildman–Crippen MR) is 70.3 cm³/mol. The monoisotopic (exact) mass is 233 g/mol. The Kier molecular flexibility index (Phi) is 2.90. The van der Waals surface area contributed by atoms with Crippen molar-refractivity contribution in [3.63, 3.8) is 0 Å². The second-order valence-electron chi connectivity index (χ2n) is 4.25. The van der Waals surface area contributed by atoms with Crippen LogP contribution < -0.4 is 0 Å². The standard InChI is InChI=1S/C14H16ClN/c1-5-11-10(4)16-14-9(3)8(2)6-7-12(14)13(11)15/h6-7H,5H2,1-4H3. The van der Waals surface area contributed by atoms with Gasteiger partial charge in [0.1, 0.15) is 0 Å². The summed E-state index contributed by atoms with van der Waals surface area (Å²) in [6.45, 7) is 8.36. The summed E-state index contributed by atoms with van der Waals surface area (Å²) in [6.07, 6.45) is 0.931. The highest BCUT2D eigenvalue weighted by Crippen LogP contribution is 2.31. The molecule has 2 aromatic rings. The maximum Gasteiger partial charge on any atom is 0.0752 e. The Morgan fingerprint density at radius 2 is 1.88 bits per heavy atom. The number of fused-ring (bicyclic) bond motifs is 1. The van der Waals surface area contributed by atoms with Crippen LogP contribution in [-0.4, -0.2) is 4.98 Å². The van der Waals surface area contributed by atoms with Gasteiger partial charge < -0.3 is 0 Å². The van der Waals surface area contributed by atoms with E-state index < -0.39 is 0 Å². The number of nitrogens with zero attached hydrogens (tertiary/aromatic N) is 1. The van der Waals surface area contributed by atoms with E-state index in [0.29, 0.717) is 0 Å². The van der Waals surface area contributed by atoms with Crippen LogP contribution in [0.5, 0.6) is 0 Å². The third-order valence-electron chi connectivity index (χ3n) is 3.27. The van der Waals surface area contributed by atoms with Gasteiger partial charge in [-0.3, -0.25) is 4.98 Å². The minimum Gasteiger partial charge on any atom is -0.252 e. The molecule has 0 unspecified atom stereocenters. The molecule has 0 saturated carbocycles. The third kappa shape index (κ3) is 1.60. The molecule has 0 spiro atoms. The van der Waals surface area contributed by atoms with E-state index in [1.807, 2.05) is 6.92 Å². The molecule has 0 aliphatic carbocycles. The predicted octanol–water partition coefficient (Wildman–Crippen LogP) is 4.38. The molecule has 0 radical (unpaired) electrons. The van der Waals surface area contributed by atoms with Crippen LogP contribution >= 0.6 is 11.6 Å². The summed E-state index contributed by atoms with van der Waals surface area (Å²) >= 11 is 6.43. The van der Waals surface area contributed by atoms with Gasteiger partial charge in [0.15, 0.2) is 0 Å². The molecule has 0 aliphatic heterocycles. The smallest absolute Gasteiger partial charge is 0.0752 e. The lowest BCUT2D eigenvalue weighted by Gasteiger charge is -2.12. The summed E-state index contributed by atoms with van der Waals surface area (Å²) in [6, 6.07) is 4.19. The largest absolute Gasteiger partial charge is 0.252 e. The molecule has 0 atom stereocenters. The number of hydrogen-bond acceptors (Lipinski definition) is 1. The lowest BCUT2D eigenvalue weighted by molar-refractivity contribution is 1.07. The van der Waals surface area contributed by atoms with Gasteiger partial charge in [0.05, 0.1) is 10.5 Å². The summed E-state index contributed by atoms with van der Waals surface area (Å²) in [5, 5.41) is 1.94. The second kappa shape index (κ2) is 4.06. The van der Waals surface area contributed by atoms with E-state index in [1.54, 1.807) is 0 Å². The number of pyridine rings is 1. The van der Waals surface area contributed by atoms with Crippen molar-refractivity contribution in [3.05, 3.63) is 39.5 Å². The van der Waals surface area contributed by atoms with E-state index in [-0.39, 0.29) is 0 Å². The van der Waals surface area contributed by atoms with Gasteiger partial charge in [-0.05, 0) is 43.9 Å². The van der Waals surface area contributed by atoms with Gasteiger partial charge in [0.2, 0.25) is 0 Å². The normalized spacial score (nSPS) is 11.1. The average Bonchev–Trinajstić information content (AvgIpc) is 2.25. The molecule has 84 valence electrons. The van der Waals surface area contributed by atoms with E-state index in [4.69, 9.17) is 11.6 Å². The first-order chi connectivity index (χ1) is 7.56. The van der Waals surface area contributed by atoms with Gasteiger partial charge >= 0.3 is 0 Å². The molecule has 2 rings (SSSR count). The fourth-order valence-electron chi connectivity index (χ4n) is 2.09. The number of rotatable bonds is 1. The topological polar surface area (TPSA) is 12.9 Å². The van der Waals surface area contributed by atoms with Crippen molar-refractivity contribution in [1.82, 2.24) is 4.98 Å². The van der Waals surface area contributed by atoms with Crippen LogP contribution in [0.15, 0.2) is 12.1 Å². The molecule has 0 amide bonds. The van der Waals surface area contributed by atoms with Gasteiger partial charge in [-0.15, -0.1) is 0 Å². The lowest BCUT2D eigenvalue weighted by atomic mass is 10.0. The quantitative estimate of drug-likeness (QED) is 0.713. The van der Waals surface area contributed by atoms with E-state index in [1.165, 1.54) is 11.1 Å². The molecular weight excluding hydrogens is 218 g/mol. The molecule has 1 heterocycles. The van der Waals surface area contributed by atoms with E-state index in [0.717, 1.165) is 33.6 Å². The van der Waals surface area contributed by atoms with Gasteiger partial charge in [0, 0.05) is 11.1 Å². The maximum absolute atomic E-state index is 6.43. The summed E-state index contributed by atoms with van der Waals surface area (Å²) in [7, 11) is 0. The Morgan fingerprint density at radius 1 is 1.19 bits per heavy atom. The highest BCUT2D eigenvalue weighted by atomic mass is 35.5. The van der Waals surface area contributed by atoms with Crippen molar-refractivity contribution in [1.29, 1.82) is 0 Å². The molecular formula is C14H16ClN. The number of hydrogen-bond donors (Lipinski definition) is 0. The molecule has 1 aromatic carbocycles. The average molecular weight is 234 g/mol. The first kappa shape index (κ1) is 11.4.